The fourth-order valence-corrected chi connectivity index (χ4v) is 3.80. The van der Waals surface area contributed by atoms with Gasteiger partial charge in [0.25, 0.3) is 0 Å². The number of hydrogen-bond acceptors (Lipinski definition) is 4. The Bertz CT molecular complexity index is 596. The highest BCUT2D eigenvalue weighted by Crippen LogP contribution is 2.18. The van der Waals surface area contributed by atoms with Crippen molar-refractivity contribution in [1.82, 2.24) is 19.6 Å². The van der Waals surface area contributed by atoms with Gasteiger partial charge in [0, 0.05) is 32.0 Å². The molecule has 0 bridgehead atoms. The van der Waals surface area contributed by atoms with Gasteiger partial charge in [-0.2, -0.15) is 16.4 Å². The summed E-state index contributed by atoms with van der Waals surface area (Å²) in [7, 11) is 1.90. The van der Waals surface area contributed by atoms with Gasteiger partial charge in [-0.25, -0.2) is 0 Å². The summed E-state index contributed by atoms with van der Waals surface area (Å²) in [4.78, 5) is 16.7. The largest absolute Gasteiger partial charge is 0.340 e. The molecule has 1 unspecified atom stereocenters. The molecule has 1 aliphatic heterocycles. The fourth-order valence-electron chi connectivity index (χ4n) is 3.14. The lowest BCUT2D eigenvalue weighted by Crippen LogP contribution is -2.47. The van der Waals surface area contributed by atoms with Crippen LogP contribution in [0, 0.1) is 0 Å². The molecular formula is C17H24N4OS. The molecule has 5 nitrogen and oxygen atoms in total. The van der Waals surface area contributed by atoms with Crippen molar-refractivity contribution in [3.8, 4) is 0 Å². The van der Waals surface area contributed by atoms with Crippen LogP contribution in [-0.2, 0) is 17.9 Å². The standard InChI is InChI=1S/C17H24N4OS/c1-19(11-15-6-10-23-14-15)17(22)13-20-8-3-2-5-16(20)12-21-9-4-7-18-21/h4,6-7,9-10,14,16H,2-3,5,8,11-13H2,1H3. The number of carbonyl (C=O) groups excluding carboxylic acids is 1. The van der Waals surface area contributed by atoms with Crippen LogP contribution >= 0.6 is 11.3 Å². The van der Waals surface area contributed by atoms with Crippen LogP contribution < -0.4 is 0 Å². The summed E-state index contributed by atoms with van der Waals surface area (Å²) in [6.07, 6.45) is 7.37. The topological polar surface area (TPSA) is 41.4 Å². The van der Waals surface area contributed by atoms with E-state index in [4.69, 9.17) is 0 Å². The van der Waals surface area contributed by atoms with E-state index in [1.807, 2.05) is 35.1 Å². The SMILES string of the molecule is CN(Cc1ccsc1)C(=O)CN1CCCCC1Cn1cccn1. The van der Waals surface area contributed by atoms with Crippen LogP contribution in [0.1, 0.15) is 24.8 Å². The van der Waals surface area contributed by atoms with Crippen LogP contribution in [0.4, 0.5) is 0 Å². The van der Waals surface area contributed by atoms with Gasteiger partial charge in [-0.1, -0.05) is 6.42 Å². The van der Waals surface area contributed by atoms with E-state index in [2.05, 4.69) is 26.8 Å². The second kappa shape index (κ2) is 7.75. The number of hydrogen-bond donors (Lipinski definition) is 0. The van der Waals surface area contributed by atoms with E-state index in [1.54, 1.807) is 11.3 Å². The first-order valence-electron chi connectivity index (χ1n) is 8.19. The maximum Gasteiger partial charge on any atom is 0.236 e. The minimum Gasteiger partial charge on any atom is -0.340 e. The number of likely N-dealkylation sites (N-methyl/N-ethyl adjacent to an activating group) is 1. The predicted molar refractivity (Wildman–Crippen MR) is 92.2 cm³/mol. The highest BCUT2D eigenvalue weighted by atomic mass is 32.1. The molecule has 0 aliphatic carbocycles. The summed E-state index contributed by atoms with van der Waals surface area (Å²) in [6, 6.07) is 4.44. The third kappa shape index (κ3) is 4.42. The number of likely N-dealkylation sites (tertiary alicyclic amines) is 1. The van der Waals surface area contributed by atoms with Crippen molar-refractivity contribution >= 4 is 17.2 Å². The number of nitrogens with zero attached hydrogens (tertiary/aromatic N) is 4. The number of amides is 1. The normalized spacial score (nSPS) is 18.9. The van der Waals surface area contributed by atoms with E-state index in [-0.39, 0.29) is 5.91 Å². The fraction of sp³-hybridized carbons (Fsp3) is 0.529. The Balaban J connectivity index is 1.56. The van der Waals surface area contributed by atoms with Crippen LogP contribution in [0.5, 0.6) is 0 Å². The van der Waals surface area contributed by atoms with Crippen LogP contribution in [0.15, 0.2) is 35.3 Å². The lowest BCUT2D eigenvalue weighted by atomic mass is 10.0. The molecule has 1 atom stereocenters. The molecule has 6 heteroatoms. The van der Waals surface area contributed by atoms with Gasteiger partial charge in [-0.3, -0.25) is 14.4 Å². The molecule has 3 rings (SSSR count). The van der Waals surface area contributed by atoms with E-state index in [9.17, 15) is 4.79 Å². The van der Waals surface area contributed by atoms with Gasteiger partial charge in [0.05, 0.1) is 13.1 Å². The summed E-state index contributed by atoms with van der Waals surface area (Å²) >= 11 is 1.67. The maximum absolute atomic E-state index is 12.6. The van der Waals surface area contributed by atoms with Crippen molar-refractivity contribution in [2.24, 2.45) is 0 Å². The van der Waals surface area contributed by atoms with Crippen LogP contribution in [0.25, 0.3) is 0 Å². The molecule has 0 saturated carbocycles. The Morgan fingerprint density at radius 2 is 2.39 bits per heavy atom. The Morgan fingerprint density at radius 3 is 3.13 bits per heavy atom. The van der Waals surface area contributed by atoms with Gasteiger partial charge in [-0.05, 0) is 47.8 Å². The number of piperidine rings is 1. The maximum atomic E-state index is 12.6. The van der Waals surface area contributed by atoms with Crippen molar-refractivity contribution in [2.45, 2.75) is 38.4 Å². The van der Waals surface area contributed by atoms with Gasteiger partial charge in [0.1, 0.15) is 0 Å². The Morgan fingerprint density at radius 1 is 1.48 bits per heavy atom. The number of carbonyl (C=O) groups is 1. The summed E-state index contributed by atoms with van der Waals surface area (Å²) in [5.74, 6) is 0.198. The zero-order valence-electron chi connectivity index (χ0n) is 13.6. The second-order valence-corrected chi connectivity index (χ2v) is 7.01. The molecule has 0 spiro atoms. The molecule has 1 saturated heterocycles. The molecule has 1 aliphatic rings. The third-order valence-electron chi connectivity index (χ3n) is 4.47. The zero-order valence-corrected chi connectivity index (χ0v) is 14.4. The summed E-state index contributed by atoms with van der Waals surface area (Å²) in [5.41, 5.74) is 1.21. The minimum absolute atomic E-state index is 0.198. The van der Waals surface area contributed by atoms with E-state index < -0.39 is 0 Å². The molecule has 23 heavy (non-hydrogen) atoms. The van der Waals surface area contributed by atoms with E-state index in [1.165, 1.54) is 18.4 Å². The van der Waals surface area contributed by atoms with E-state index >= 15 is 0 Å². The predicted octanol–water partition coefficient (Wildman–Crippen LogP) is 2.46. The van der Waals surface area contributed by atoms with E-state index in [0.717, 1.165) is 19.5 Å². The van der Waals surface area contributed by atoms with Gasteiger partial charge in [-0.15, -0.1) is 0 Å². The first-order valence-corrected chi connectivity index (χ1v) is 9.13. The average Bonchev–Trinajstić information content (AvgIpc) is 3.23. The summed E-state index contributed by atoms with van der Waals surface area (Å²) in [6.45, 7) is 3.07. The molecule has 0 N–H and O–H groups in total. The molecule has 0 aromatic carbocycles. The highest BCUT2D eigenvalue weighted by Gasteiger charge is 2.25. The lowest BCUT2D eigenvalue weighted by Gasteiger charge is -2.36. The molecule has 124 valence electrons. The van der Waals surface area contributed by atoms with Crippen LogP contribution in [-0.4, -0.2) is 51.7 Å². The monoisotopic (exact) mass is 332 g/mol. The average molecular weight is 332 g/mol. The van der Waals surface area contributed by atoms with Gasteiger partial charge >= 0.3 is 0 Å². The molecule has 2 aromatic rings. The van der Waals surface area contributed by atoms with Crippen LogP contribution in [0.2, 0.25) is 0 Å². The smallest absolute Gasteiger partial charge is 0.236 e. The third-order valence-corrected chi connectivity index (χ3v) is 5.20. The van der Waals surface area contributed by atoms with E-state index in [0.29, 0.717) is 19.1 Å². The molecule has 1 fully saturated rings. The molecule has 3 heterocycles. The summed E-state index contributed by atoms with van der Waals surface area (Å²) < 4.78 is 1.97. The quantitative estimate of drug-likeness (QED) is 0.816. The van der Waals surface area contributed by atoms with Crippen molar-refractivity contribution in [2.75, 3.05) is 20.1 Å². The highest BCUT2D eigenvalue weighted by molar-refractivity contribution is 7.07. The van der Waals surface area contributed by atoms with Gasteiger partial charge in [0.2, 0.25) is 5.91 Å². The zero-order chi connectivity index (χ0) is 16.1. The minimum atomic E-state index is 0.198. The Kier molecular flexibility index (Phi) is 5.46. The second-order valence-electron chi connectivity index (χ2n) is 6.23. The molecule has 0 radical (unpaired) electrons. The first kappa shape index (κ1) is 16.2. The van der Waals surface area contributed by atoms with Crippen LogP contribution in [0.3, 0.4) is 0 Å². The van der Waals surface area contributed by atoms with Gasteiger partial charge < -0.3 is 4.90 Å². The molecular weight excluding hydrogens is 308 g/mol. The number of thiophene rings is 1. The Labute approximate surface area is 141 Å². The van der Waals surface area contributed by atoms with Gasteiger partial charge in [0.15, 0.2) is 0 Å². The number of rotatable bonds is 6. The molecule has 1 amide bonds. The Hall–Kier alpha value is -1.66. The van der Waals surface area contributed by atoms with Crippen molar-refractivity contribution in [1.29, 1.82) is 0 Å². The summed E-state index contributed by atoms with van der Waals surface area (Å²) in [5, 5.41) is 8.46. The van der Waals surface area contributed by atoms with Crippen molar-refractivity contribution in [3.63, 3.8) is 0 Å². The van der Waals surface area contributed by atoms with Crippen molar-refractivity contribution in [3.05, 3.63) is 40.8 Å². The first-order chi connectivity index (χ1) is 11.2. The number of aromatic nitrogens is 2. The van der Waals surface area contributed by atoms with Crippen molar-refractivity contribution < 1.29 is 4.79 Å². The lowest BCUT2D eigenvalue weighted by molar-refractivity contribution is -0.132. The molecule has 2 aromatic heterocycles.